The van der Waals surface area contributed by atoms with Crippen LogP contribution < -0.4 is 10.1 Å². The van der Waals surface area contributed by atoms with E-state index in [1.54, 1.807) is 12.1 Å². The van der Waals surface area contributed by atoms with Gasteiger partial charge in [-0.05, 0) is 58.4 Å². The molecule has 106 valence electrons. The van der Waals surface area contributed by atoms with Gasteiger partial charge in [-0.3, -0.25) is 0 Å². The van der Waals surface area contributed by atoms with E-state index in [0.717, 1.165) is 18.7 Å². The fourth-order valence-corrected chi connectivity index (χ4v) is 2.35. The summed E-state index contributed by atoms with van der Waals surface area (Å²) in [4.78, 5) is 0. The van der Waals surface area contributed by atoms with Crippen molar-refractivity contribution in [2.45, 2.75) is 13.5 Å². The van der Waals surface area contributed by atoms with Crippen LogP contribution >= 0.6 is 27.5 Å². The van der Waals surface area contributed by atoms with E-state index in [1.165, 1.54) is 12.1 Å². The molecule has 0 aliphatic carbocycles. The highest BCUT2D eigenvalue weighted by Crippen LogP contribution is 2.32. The molecule has 0 fully saturated rings. The molecule has 0 saturated heterocycles. The van der Waals surface area contributed by atoms with Crippen molar-refractivity contribution in [2.75, 3.05) is 6.54 Å². The van der Waals surface area contributed by atoms with E-state index in [9.17, 15) is 4.39 Å². The second-order valence-corrected chi connectivity index (χ2v) is 5.47. The van der Waals surface area contributed by atoms with Gasteiger partial charge in [0, 0.05) is 11.6 Å². The van der Waals surface area contributed by atoms with Crippen molar-refractivity contribution in [2.24, 2.45) is 0 Å². The molecule has 0 unspecified atom stereocenters. The van der Waals surface area contributed by atoms with Crippen LogP contribution in [0.15, 0.2) is 40.9 Å². The monoisotopic (exact) mass is 357 g/mol. The molecule has 2 nitrogen and oxygen atoms in total. The van der Waals surface area contributed by atoms with E-state index in [0.29, 0.717) is 21.0 Å². The minimum absolute atomic E-state index is 0.316. The van der Waals surface area contributed by atoms with Crippen LogP contribution in [0.1, 0.15) is 12.5 Å². The maximum Gasteiger partial charge on any atom is 0.141 e. The summed E-state index contributed by atoms with van der Waals surface area (Å²) in [6.07, 6.45) is 0. The lowest BCUT2D eigenvalue weighted by Crippen LogP contribution is -2.11. The van der Waals surface area contributed by atoms with E-state index in [2.05, 4.69) is 21.2 Å². The molecule has 0 aliphatic rings. The summed E-state index contributed by atoms with van der Waals surface area (Å²) in [5.74, 6) is 0.840. The SMILES string of the molecule is CCNCc1ccc(Oc2ccc(F)cc2Br)cc1Cl. The first-order valence-corrected chi connectivity index (χ1v) is 7.39. The highest BCUT2D eigenvalue weighted by Gasteiger charge is 2.06. The Bertz CT molecular complexity index is 606. The predicted molar refractivity (Wildman–Crippen MR) is 83.0 cm³/mol. The molecule has 1 N–H and O–H groups in total. The van der Waals surface area contributed by atoms with Crippen molar-refractivity contribution in [3.05, 3.63) is 57.3 Å². The summed E-state index contributed by atoms with van der Waals surface area (Å²) in [6.45, 7) is 3.64. The van der Waals surface area contributed by atoms with Gasteiger partial charge in [0.15, 0.2) is 0 Å². The molecule has 0 amide bonds. The van der Waals surface area contributed by atoms with Crippen molar-refractivity contribution in [1.29, 1.82) is 0 Å². The van der Waals surface area contributed by atoms with Gasteiger partial charge in [0.25, 0.3) is 0 Å². The molecule has 0 bridgehead atoms. The average Bonchev–Trinajstić information content (AvgIpc) is 2.41. The van der Waals surface area contributed by atoms with E-state index in [-0.39, 0.29) is 5.82 Å². The third kappa shape index (κ3) is 3.95. The Morgan fingerprint density at radius 1 is 1.25 bits per heavy atom. The number of hydrogen-bond acceptors (Lipinski definition) is 2. The zero-order valence-corrected chi connectivity index (χ0v) is 13.3. The number of ether oxygens (including phenoxy) is 1. The molecule has 2 aromatic rings. The van der Waals surface area contributed by atoms with Crippen molar-refractivity contribution in [3.8, 4) is 11.5 Å². The van der Waals surface area contributed by atoms with Crippen LogP contribution in [0.3, 0.4) is 0 Å². The number of halogens is 3. The summed E-state index contributed by atoms with van der Waals surface area (Å²) in [5.41, 5.74) is 1.01. The van der Waals surface area contributed by atoms with Gasteiger partial charge in [-0.25, -0.2) is 4.39 Å². The summed E-state index contributed by atoms with van der Waals surface area (Å²) in [5, 5.41) is 3.86. The van der Waals surface area contributed by atoms with Crippen molar-refractivity contribution in [1.82, 2.24) is 5.32 Å². The molecule has 0 spiro atoms. The fraction of sp³-hybridized carbons (Fsp3) is 0.200. The van der Waals surface area contributed by atoms with Crippen LogP contribution in [-0.2, 0) is 6.54 Å². The first kappa shape index (κ1) is 15.3. The van der Waals surface area contributed by atoms with Crippen LogP contribution in [0.2, 0.25) is 5.02 Å². The van der Waals surface area contributed by atoms with Crippen molar-refractivity contribution in [3.63, 3.8) is 0 Å². The van der Waals surface area contributed by atoms with Gasteiger partial charge >= 0.3 is 0 Å². The second kappa shape index (κ2) is 7.07. The quantitative estimate of drug-likeness (QED) is 0.798. The van der Waals surface area contributed by atoms with Crippen molar-refractivity contribution < 1.29 is 9.13 Å². The number of rotatable bonds is 5. The van der Waals surface area contributed by atoms with Crippen LogP contribution in [0.4, 0.5) is 4.39 Å². The summed E-state index contributed by atoms with van der Waals surface area (Å²) >= 11 is 9.47. The molecule has 5 heteroatoms. The minimum Gasteiger partial charge on any atom is -0.456 e. The van der Waals surface area contributed by atoms with Gasteiger partial charge < -0.3 is 10.1 Å². The summed E-state index contributed by atoms with van der Waals surface area (Å²) in [6, 6.07) is 9.79. The minimum atomic E-state index is -0.316. The maximum absolute atomic E-state index is 13.0. The Balaban J connectivity index is 2.15. The topological polar surface area (TPSA) is 21.3 Å². The fourth-order valence-electron chi connectivity index (χ4n) is 1.68. The molecule has 0 atom stereocenters. The Morgan fingerprint density at radius 3 is 2.70 bits per heavy atom. The molecule has 0 aliphatic heterocycles. The zero-order chi connectivity index (χ0) is 14.5. The Morgan fingerprint density at radius 2 is 2.05 bits per heavy atom. The van der Waals surface area contributed by atoms with Crippen LogP contribution in [-0.4, -0.2) is 6.54 Å². The molecule has 0 heterocycles. The normalized spacial score (nSPS) is 10.6. The van der Waals surface area contributed by atoms with Gasteiger partial charge in [0.1, 0.15) is 17.3 Å². The highest BCUT2D eigenvalue weighted by molar-refractivity contribution is 9.10. The summed E-state index contributed by atoms with van der Waals surface area (Å²) in [7, 11) is 0. The lowest BCUT2D eigenvalue weighted by atomic mass is 10.2. The average molecular weight is 359 g/mol. The second-order valence-electron chi connectivity index (χ2n) is 4.21. The Hall–Kier alpha value is -1.10. The molecule has 0 aromatic heterocycles. The third-order valence-corrected chi connectivity index (χ3v) is 3.68. The molecule has 0 saturated carbocycles. The predicted octanol–water partition coefficient (Wildman–Crippen LogP) is 5.14. The van der Waals surface area contributed by atoms with Crippen LogP contribution in [0.5, 0.6) is 11.5 Å². The Labute approximate surface area is 131 Å². The lowest BCUT2D eigenvalue weighted by Gasteiger charge is -2.10. The first-order chi connectivity index (χ1) is 9.60. The van der Waals surface area contributed by atoms with Crippen LogP contribution in [0, 0.1) is 5.82 Å². The molecule has 2 aromatic carbocycles. The summed E-state index contributed by atoms with van der Waals surface area (Å²) < 4.78 is 19.3. The zero-order valence-electron chi connectivity index (χ0n) is 10.9. The smallest absolute Gasteiger partial charge is 0.141 e. The van der Waals surface area contributed by atoms with E-state index < -0.39 is 0 Å². The number of hydrogen-bond donors (Lipinski definition) is 1. The van der Waals surface area contributed by atoms with Gasteiger partial charge in [-0.1, -0.05) is 24.6 Å². The van der Waals surface area contributed by atoms with Gasteiger partial charge in [0.2, 0.25) is 0 Å². The number of nitrogens with one attached hydrogen (secondary N) is 1. The lowest BCUT2D eigenvalue weighted by molar-refractivity contribution is 0.477. The van der Waals surface area contributed by atoms with E-state index in [4.69, 9.17) is 16.3 Å². The largest absolute Gasteiger partial charge is 0.456 e. The highest BCUT2D eigenvalue weighted by atomic mass is 79.9. The number of benzene rings is 2. The molecule has 20 heavy (non-hydrogen) atoms. The van der Waals surface area contributed by atoms with E-state index >= 15 is 0 Å². The molecule has 0 radical (unpaired) electrons. The van der Waals surface area contributed by atoms with Crippen molar-refractivity contribution >= 4 is 27.5 Å². The van der Waals surface area contributed by atoms with Gasteiger partial charge in [0.05, 0.1) is 4.47 Å². The Kier molecular flexibility index (Phi) is 5.40. The van der Waals surface area contributed by atoms with E-state index in [1.807, 2.05) is 19.1 Å². The van der Waals surface area contributed by atoms with Crippen LogP contribution in [0.25, 0.3) is 0 Å². The van der Waals surface area contributed by atoms with Gasteiger partial charge in [-0.15, -0.1) is 0 Å². The third-order valence-electron chi connectivity index (χ3n) is 2.71. The molecule has 2 rings (SSSR count). The molecular weight excluding hydrogens is 345 g/mol. The molecular formula is C15H14BrClFNO. The first-order valence-electron chi connectivity index (χ1n) is 6.22. The standard InChI is InChI=1S/C15H14BrClFNO/c1-2-19-9-10-3-5-12(8-14(10)17)20-15-6-4-11(18)7-13(15)16/h3-8,19H,2,9H2,1H3. The maximum atomic E-state index is 13.0. The van der Waals surface area contributed by atoms with Gasteiger partial charge in [-0.2, -0.15) is 0 Å².